The molecular weight excluding hydrogens is 292 g/mol. The second-order valence-corrected chi connectivity index (χ2v) is 6.90. The van der Waals surface area contributed by atoms with Crippen molar-refractivity contribution >= 4 is 39.1 Å². The number of terminal acetylenes is 1. The van der Waals surface area contributed by atoms with E-state index < -0.39 is 5.41 Å². The van der Waals surface area contributed by atoms with Crippen molar-refractivity contribution in [1.29, 1.82) is 0 Å². The Bertz CT molecular complexity index is 772. The van der Waals surface area contributed by atoms with E-state index in [-0.39, 0.29) is 5.91 Å². The number of nitrogens with zero attached hydrogens (tertiary/aromatic N) is 2. The summed E-state index contributed by atoms with van der Waals surface area (Å²) in [5.74, 6) is 2.43. The fourth-order valence-corrected chi connectivity index (χ4v) is 2.93. The van der Waals surface area contributed by atoms with E-state index in [1.807, 2.05) is 37.5 Å². The molecule has 0 aliphatic heterocycles. The third-order valence-corrected chi connectivity index (χ3v) is 4.01. The molecule has 104 valence electrons. The number of hydrogen-bond acceptors (Lipinski definition) is 2. The van der Waals surface area contributed by atoms with E-state index in [9.17, 15) is 4.79 Å². The van der Waals surface area contributed by atoms with Crippen molar-refractivity contribution in [3.05, 3.63) is 28.0 Å². The molecule has 2 rings (SSSR count). The molecule has 0 aliphatic carbocycles. The summed E-state index contributed by atoms with van der Waals surface area (Å²) >= 11 is 7.41. The minimum Gasteiger partial charge on any atom is -0.305 e. The summed E-state index contributed by atoms with van der Waals surface area (Å²) in [6.45, 7) is 5.90. The van der Waals surface area contributed by atoms with Crippen molar-refractivity contribution in [2.75, 3.05) is 0 Å². The van der Waals surface area contributed by atoms with Crippen LogP contribution in [0.15, 0.2) is 23.2 Å². The second kappa shape index (κ2) is 5.43. The van der Waals surface area contributed by atoms with E-state index >= 15 is 0 Å². The van der Waals surface area contributed by atoms with Crippen LogP contribution >= 0.6 is 22.9 Å². The van der Waals surface area contributed by atoms with Crippen molar-refractivity contribution in [3.63, 3.8) is 0 Å². The maximum Gasteiger partial charge on any atom is 0.253 e. The summed E-state index contributed by atoms with van der Waals surface area (Å²) in [6, 6.07) is 5.56. The van der Waals surface area contributed by atoms with Gasteiger partial charge in [-0.25, -0.2) is 0 Å². The van der Waals surface area contributed by atoms with Crippen LogP contribution in [0, 0.1) is 17.8 Å². The number of aromatic nitrogens is 1. The van der Waals surface area contributed by atoms with Crippen molar-refractivity contribution in [2.24, 2.45) is 10.4 Å². The van der Waals surface area contributed by atoms with Crippen LogP contribution in [-0.2, 0) is 11.3 Å². The van der Waals surface area contributed by atoms with Gasteiger partial charge in [0.05, 0.1) is 16.8 Å². The van der Waals surface area contributed by atoms with Gasteiger partial charge in [-0.15, -0.1) is 6.42 Å². The van der Waals surface area contributed by atoms with Crippen molar-refractivity contribution in [2.45, 2.75) is 27.3 Å². The SMILES string of the molecule is C#CCn1c(=NC(=O)C(C)(C)C)sc2cc(Cl)ccc21. The Kier molecular flexibility index (Phi) is 4.03. The Balaban J connectivity index is 2.70. The Morgan fingerprint density at radius 3 is 2.80 bits per heavy atom. The molecule has 0 saturated carbocycles. The van der Waals surface area contributed by atoms with Gasteiger partial charge in [-0.3, -0.25) is 4.79 Å². The van der Waals surface area contributed by atoms with Gasteiger partial charge < -0.3 is 4.57 Å². The van der Waals surface area contributed by atoms with Gasteiger partial charge in [0.15, 0.2) is 4.80 Å². The van der Waals surface area contributed by atoms with Crippen molar-refractivity contribution in [3.8, 4) is 12.3 Å². The zero-order valence-corrected chi connectivity index (χ0v) is 13.2. The Labute approximate surface area is 126 Å². The molecule has 0 aliphatic rings. The highest BCUT2D eigenvalue weighted by atomic mass is 35.5. The fourth-order valence-electron chi connectivity index (χ4n) is 1.63. The number of fused-ring (bicyclic) bond motifs is 1. The number of thiazole rings is 1. The molecule has 1 aromatic heterocycles. The minimum atomic E-state index is -0.512. The van der Waals surface area contributed by atoms with E-state index in [2.05, 4.69) is 10.9 Å². The maximum absolute atomic E-state index is 12.1. The smallest absolute Gasteiger partial charge is 0.253 e. The summed E-state index contributed by atoms with van der Waals surface area (Å²) in [6.07, 6.45) is 5.41. The van der Waals surface area contributed by atoms with E-state index in [1.165, 1.54) is 11.3 Å². The normalized spacial score (nSPS) is 12.7. The lowest BCUT2D eigenvalue weighted by molar-refractivity contribution is -0.125. The molecule has 1 heterocycles. The molecule has 20 heavy (non-hydrogen) atoms. The molecule has 0 unspecified atom stereocenters. The lowest BCUT2D eigenvalue weighted by Gasteiger charge is -2.11. The molecule has 0 bridgehead atoms. The molecule has 3 nitrogen and oxygen atoms in total. The van der Waals surface area contributed by atoms with Gasteiger partial charge in [0, 0.05) is 10.4 Å². The predicted octanol–water partition coefficient (Wildman–Crippen LogP) is 3.46. The highest BCUT2D eigenvalue weighted by Gasteiger charge is 2.21. The first-order valence-corrected chi connectivity index (χ1v) is 7.34. The molecule has 0 spiro atoms. The predicted molar refractivity (Wildman–Crippen MR) is 83.7 cm³/mol. The van der Waals surface area contributed by atoms with E-state index in [0.29, 0.717) is 16.4 Å². The zero-order valence-electron chi connectivity index (χ0n) is 11.6. The number of benzene rings is 1. The van der Waals surface area contributed by atoms with Gasteiger partial charge >= 0.3 is 0 Å². The molecule has 0 N–H and O–H groups in total. The molecule has 0 fully saturated rings. The summed E-state index contributed by atoms with van der Waals surface area (Å²) in [4.78, 5) is 16.9. The first-order valence-electron chi connectivity index (χ1n) is 6.14. The molecule has 2 aromatic rings. The summed E-state index contributed by atoms with van der Waals surface area (Å²) in [5.41, 5.74) is 0.430. The van der Waals surface area contributed by atoms with Crippen LogP contribution in [-0.4, -0.2) is 10.5 Å². The monoisotopic (exact) mass is 306 g/mol. The van der Waals surface area contributed by atoms with Crippen LogP contribution < -0.4 is 4.80 Å². The highest BCUT2D eigenvalue weighted by molar-refractivity contribution is 7.16. The van der Waals surface area contributed by atoms with Crippen LogP contribution in [0.2, 0.25) is 5.02 Å². The highest BCUT2D eigenvalue weighted by Crippen LogP contribution is 2.22. The fraction of sp³-hybridized carbons (Fsp3) is 0.333. The van der Waals surface area contributed by atoms with Gasteiger partial charge in [-0.1, -0.05) is 49.6 Å². The van der Waals surface area contributed by atoms with Crippen LogP contribution in [0.5, 0.6) is 0 Å². The van der Waals surface area contributed by atoms with Gasteiger partial charge in [-0.2, -0.15) is 4.99 Å². The topological polar surface area (TPSA) is 34.4 Å². The van der Waals surface area contributed by atoms with Crippen LogP contribution in [0.25, 0.3) is 10.2 Å². The number of rotatable bonds is 1. The van der Waals surface area contributed by atoms with Crippen LogP contribution in [0.3, 0.4) is 0 Å². The Hall–Kier alpha value is -1.57. The molecule has 5 heteroatoms. The van der Waals surface area contributed by atoms with Gasteiger partial charge in [-0.05, 0) is 18.2 Å². The molecule has 0 atom stereocenters. The lowest BCUT2D eigenvalue weighted by atomic mass is 9.96. The van der Waals surface area contributed by atoms with Crippen LogP contribution in [0.4, 0.5) is 0 Å². The minimum absolute atomic E-state index is 0.166. The largest absolute Gasteiger partial charge is 0.305 e. The molecular formula is C15H15ClN2OS. The number of hydrogen-bond donors (Lipinski definition) is 0. The average Bonchev–Trinajstić information content (AvgIpc) is 2.66. The van der Waals surface area contributed by atoms with E-state index in [1.54, 1.807) is 6.07 Å². The quantitative estimate of drug-likeness (QED) is 0.743. The standard InChI is InChI=1S/C15H15ClN2OS/c1-5-8-18-11-7-6-10(16)9-12(11)20-14(18)17-13(19)15(2,3)4/h1,6-7,9H,8H2,2-4H3. The molecule has 0 radical (unpaired) electrons. The first kappa shape index (κ1) is 14.8. The molecule has 1 aromatic carbocycles. The average molecular weight is 307 g/mol. The van der Waals surface area contributed by atoms with Gasteiger partial charge in [0.2, 0.25) is 0 Å². The van der Waals surface area contributed by atoms with Crippen LogP contribution in [0.1, 0.15) is 20.8 Å². The number of amides is 1. The lowest BCUT2D eigenvalue weighted by Crippen LogP contribution is -2.23. The molecule has 0 saturated heterocycles. The number of carbonyl (C=O) groups is 1. The summed E-state index contributed by atoms with van der Waals surface area (Å²) < 4.78 is 2.83. The van der Waals surface area contributed by atoms with Crippen molar-refractivity contribution in [1.82, 2.24) is 4.57 Å². The first-order chi connectivity index (χ1) is 9.32. The maximum atomic E-state index is 12.1. The third-order valence-electron chi connectivity index (χ3n) is 2.73. The number of halogens is 1. The zero-order chi connectivity index (χ0) is 14.9. The Morgan fingerprint density at radius 1 is 1.50 bits per heavy atom. The van der Waals surface area contributed by atoms with Gasteiger partial charge in [0.1, 0.15) is 0 Å². The molecule has 1 amide bonds. The third kappa shape index (κ3) is 2.95. The number of carbonyl (C=O) groups excluding carboxylic acids is 1. The summed E-state index contributed by atoms with van der Waals surface area (Å²) in [5, 5.41) is 0.653. The summed E-state index contributed by atoms with van der Waals surface area (Å²) in [7, 11) is 0. The van der Waals surface area contributed by atoms with E-state index in [4.69, 9.17) is 18.0 Å². The van der Waals surface area contributed by atoms with Gasteiger partial charge in [0.25, 0.3) is 5.91 Å². The second-order valence-electron chi connectivity index (χ2n) is 5.45. The Morgan fingerprint density at radius 2 is 2.20 bits per heavy atom. The van der Waals surface area contributed by atoms with Crippen molar-refractivity contribution < 1.29 is 4.79 Å². The van der Waals surface area contributed by atoms with E-state index in [0.717, 1.165) is 10.2 Å².